The molecule has 1 N–H and O–H groups in total. The Balaban J connectivity index is 2.00. The normalized spacial score (nSPS) is 10.1. The van der Waals surface area contributed by atoms with Gasteiger partial charge in [-0.05, 0) is 24.6 Å². The number of hydrogen-bond acceptors (Lipinski definition) is 4. The van der Waals surface area contributed by atoms with Crippen LogP contribution in [0, 0.1) is 17.0 Å². The number of benzene rings is 1. The minimum atomic E-state index is -0.399. The standard InChI is InChI=1S/C13H13N3O2/c1-10-8-12(6-7-14-10)15-9-11-2-4-13(5-3-11)16(17)18/h2-8H,9H2,1H3,(H,14,15). The van der Waals surface area contributed by atoms with Crippen LogP contribution in [0.15, 0.2) is 42.6 Å². The Hall–Kier alpha value is -2.43. The summed E-state index contributed by atoms with van der Waals surface area (Å²) in [6.07, 6.45) is 1.74. The molecule has 5 nitrogen and oxygen atoms in total. The monoisotopic (exact) mass is 243 g/mol. The van der Waals surface area contributed by atoms with E-state index in [1.165, 1.54) is 12.1 Å². The number of aromatic nitrogens is 1. The van der Waals surface area contributed by atoms with Crippen LogP contribution >= 0.6 is 0 Å². The lowest BCUT2D eigenvalue weighted by Gasteiger charge is -2.06. The molecule has 0 radical (unpaired) electrons. The zero-order valence-corrected chi connectivity index (χ0v) is 9.96. The smallest absolute Gasteiger partial charge is 0.269 e. The summed E-state index contributed by atoms with van der Waals surface area (Å²) in [6, 6.07) is 10.4. The molecule has 92 valence electrons. The van der Waals surface area contributed by atoms with Crippen LogP contribution in [0.5, 0.6) is 0 Å². The van der Waals surface area contributed by atoms with Crippen LogP contribution in [0.25, 0.3) is 0 Å². The molecule has 1 aromatic carbocycles. The Morgan fingerprint density at radius 3 is 2.61 bits per heavy atom. The van der Waals surface area contributed by atoms with Gasteiger partial charge in [-0.25, -0.2) is 0 Å². The van der Waals surface area contributed by atoms with Gasteiger partial charge < -0.3 is 5.32 Å². The van der Waals surface area contributed by atoms with E-state index in [-0.39, 0.29) is 5.69 Å². The highest BCUT2D eigenvalue weighted by atomic mass is 16.6. The Bertz CT molecular complexity index is 552. The second-order valence-corrected chi connectivity index (χ2v) is 3.96. The van der Waals surface area contributed by atoms with Crippen molar-refractivity contribution in [3.8, 4) is 0 Å². The molecule has 0 aliphatic rings. The minimum absolute atomic E-state index is 0.110. The lowest BCUT2D eigenvalue weighted by Crippen LogP contribution is -2.00. The molecule has 5 heteroatoms. The first-order valence-electron chi connectivity index (χ1n) is 5.55. The van der Waals surface area contributed by atoms with Gasteiger partial charge in [0.05, 0.1) is 4.92 Å². The van der Waals surface area contributed by atoms with Crippen molar-refractivity contribution in [2.45, 2.75) is 13.5 Å². The van der Waals surface area contributed by atoms with Crippen molar-refractivity contribution < 1.29 is 4.92 Å². The molecule has 0 unspecified atom stereocenters. The lowest BCUT2D eigenvalue weighted by molar-refractivity contribution is -0.384. The zero-order valence-electron chi connectivity index (χ0n) is 9.96. The molecule has 0 bridgehead atoms. The summed E-state index contributed by atoms with van der Waals surface area (Å²) in [4.78, 5) is 14.2. The molecule has 0 spiro atoms. The topological polar surface area (TPSA) is 68.1 Å². The van der Waals surface area contributed by atoms with Gasteiger partial charge in [0, 0.05) is 36.3 Å². The van der Waals surface area contributed by atoms with E-state index >= 15 is 0 Å². The summed E-state index contributed by atoms with van der Waals surface area (Å²) in [5.74, 6) is 0. The zero-order chi connectivity index (χ0) is 13.0. The molecule has 0 fully saturated rings. The van der Waals surface area contributed by atoms with E-state index in [2.05, 4.69) is 10.3 Å². The van der Waals surface area contributed by atoms with E-state index in [1.54, 1.807) is 18.3 Å². The maximum atomic E-state index is 10.5. The van der Waals surface area contributed by atoms with Gasteiger partial charge in [0.1, 0.15) is 0 Å². The number of non-ortho nitro benzene ring substituents is 1. The van der Waals surface area contributed by atoms with Gasteiger partial charge in [0.15, 0.2) is 0 Å². The number of hydrogen-bond donors (Lipinski definition) is 1. The molecule has 0 atom stereocenters. The Morgan fingerprint density at radius 2 is 2.00 bits per heavy atom. The molecule has 1 heterocycles. The van der Waals surface area contributed by atoms with Crippen molar-refractivity contribution in [2.24, 2.45) is 0 Å². The predicted octanol–water partition coefficient (Wildman–Crippen LogP) is 2.91. The quantitative estimate of drug-likeness (QED) is 0.662. The van der Waals surface area contributed by atoms with E-state index in [9.17, 15) is 10.1 Å². The number of nitro groups is 1. The van der Waals surface area contributed by atoms with Gasteiger partial charge in [-0.2, -0.15) is 0 Å². The fourth-order valence-corrected chi connectivity index (χ4v) is 1.60. The summed E-state index contributed by atoms with van der Waals surface area (Å²) in [5.41, 5.74) is 3.04. The van der Waals surface area contributed by atoms with Crippen molar-refractivity contribution in [2.75, 3.05) is 5.32 Å². The molecule has 2 aromatic rings. The SMILES string of the molecule is Cc1cc(NCc2ccc([N+](=O)[O-])cc2)ccn1. The fourth-order valence-electron chi connectivity index (χ4n) is 1.60. The number of nitrogens with one attached hydrogen (secondary N) is 1. The predicted molar refractivity (Wildman–Crippen MR) is 69.4 cm³/mol. The molecule has 2 rings (SSSR count). The van der Waals surface area contributed by atoms with E-state index < -0.39 is 4.92 Å². The highest BCUT2D eigenvalue weighted by molar-refractivity contribution is 5.44. The maximum Gasteiger partial charge on any atom is 0.269 e. The summed E-state index contributed by atoms with van der Waals surface area (Å²) in [6.45, 7) is 2.55. The van der Waals surface area contributed by atoms with Gasteiger partial charge in [0.25, 0.3) is 5.69 Å². The summed E-state index contributed by atoms with van der Waals surface area (Å²) in [7, 11) is 0. The molecule has 0 aliphatic heterocycles. The van der Waals surface area contributed by atoms with E-state index in [0.717, 1.165) is 16.9 Å². The molecule has 1 aromatic heterocycles. The number of nitro benzene ring substituents is 1. The van der Waals surface area contributed by atoms with Crippen molar-refractivity contribution in [3.05, 3.63) is 64.0 Å². The highest BCUT2D eigenvalue weighted by Crippen LogP contribution is 2.14. The van der Waals surface area contributed by atoms with E-state index in [0.29, 0.717) is 6.54 Å². The van der Waals surface area contributed by atoms with Crippen LogP contribution in [-0.2, 0) is 6.54 Å². The Labute approximate surface area is 105 Å². The average Bonchev–Trinajstić information content (AvgIpc) is 2.37. The summed E-state index contributed by atoms with van der Waals surface area (Å²) < 4.78 is 0. The number of pyridine rings is 1. The lowest BCUT2D eigenvalue weighted by atomic mass is 10.2. The largest absolute Gasteiger partial charge is 0.381 e. The third-order valence-corrected chi connectivity index (χ3v) is 2.54. The summed E-state index contributed by atoms with van der Waals surface area (Å²) >= 11 is 0. The first-order valence-corrected chi connectivity index (χ1v) is 5.55. The first kappa shape index (κ1) is 12.0. The number of anilines is 1. The first-order chi connectivity index (χ1) is 8.65. The van der Waals surface area contributed by atoms with Gasteiger partial charge in [-0.15, -0.1) is 0 Å². The molecule has 0 saturated heterocycles. The molecule has 0 amide bonds. The second kappa shape index (κ2) is 5.27. The minimum Gasteiger partial charge on any atom is -0.381 e. The Morgan fingerprint density at radius 1 is 1.28 bits per heavy atom. The van der Waals surface area contributed by atoms with E-state index in [4.69, 9.17) is 0 Å². The van der Waals surface area contributed by atoms with Crippen LogP contribution in [-0.4, -0.2) is 9.91 Å². The average molecular weight is 243 g/mol. The van der Waals surface area contributed by atoms with Crippen molar-refractivity contribution >= 4 is 11.4 Å². The summed E-state index contributed by atoms with van der Waals surface area (Å²) in [5, 5.41) is 13.8. The van der Waals surface area contributed by atoms with Gasteiger partial charge >= 0.3 is 0 Å². The van der Waals surface area contributed by atoms with Gasteiger partial charge in [-0.3, -0.25) is 15.1 Å². The van der Waals surface area contributed by atoms with Crippen LogP contribution < -0.4 is 5.32 Å². The molecular formula is C13H13N3O2. The molecular weight excluding hydrogens is 230 g/mol. The molecule has 18 heavy (non-hydrogen) atoms. The van der Waals surface area contributed by atoms with Crippen LogP contribution in [0.2, 0.25) is 0 Å². The van der Waals surface area contributed by atoms with Crippen LogP contribution in [0.3, 0.4) is 0 Å². The molecule has 0 saturated carbocycles. The van der Waals surface area contributed by atoms with Crippen LogP contribution in [0.1, 0.15) is 11.3 Å². The van der Waals surface area contributed by atoms with Crippen molar-refractivity contribution in [1.82, 2.24) is 4.98 Å². The highest BCUT2D eigenvalue weighted by Gasteiger charge is 2.03. The van der Waals surface area contributed by atoms with E-state index in [1.807, 2.05) is 19.1 Å². The van der Waals surface area contributed by atoms with Gasteiger partial charge in [-0.1, -0.05) is 12.1 Å². The Kier molecular flexibility index (Phi) is 3.52. The maximum absolute atomic E-state index is 10.5. The van der Waals surface area contributed by atoms with Crippen LogP contribution in [0.4, 0.5) is 11.4 Å². The fraction of sp³-hybridized carbons (Fsp3) is 0.154. The van der Waals surface area contributed by atoms with Gasteiger partial charge in [0.2, 0.25) is 0 Å². The molecule has 0 aliphatic carbocycles. The third-order valence-electron chi connectivity index (χ3n) is 2.54. The van der Waals surface area contributed by atoms with Crippen molar-refractivity contribution in [3.63, 3.8) is 0 Å². The number of rotatable bonds is 4. The third kappa shape index (κ3) is 3.04. The van der Waals surface area contributed by atoms with Crippen molar-refractivity contribution in [1.29, 1.82) is 0 Å². The number of nitrogens with zero attached hydrogens (tertiary/aromatic N) is 2. The number of aryl methyl sites for hydroxylation is 1. The second-order valence-electron chi connectivity index (χ2n) is 3.96.